The van der Waals surface area contributed by atoms with Gasteiger partial charge in [0, 0.05) is 30.0 Å². The number of benzene rings is 1. The van der Waals surface area contributed by atoms with E-state index in [1.807, 2.05) is 7.05 Å². The maximum Gasteiger partial charge on any atom is 0.190 e. The van der Waals surface area contributed by atoms with E-state index >= 15 is 0 Å². The molecule has 0 heterocycles. The van der Waals surface area contributed by atoms with E-state index in [4.69, 9.17) is 0 Å². The highest BCUT2D eigenvalue weighted by Gasteiger charge is 2.44. The van der Waals surface area contributed by atoms with Crippen LogP contribution in [0.1, 0.15) is 25.3 Å². The molecule has 1 aliphatic rings. The lowest BCUT2D eigenvalue weighted by molar-refractivity contribution is 0.647. The van der Waals surface area contributed by atoms with Gasteiger partial charge in [0.1, 0.15) is 0 Å². The first kappa shape index (κ1) is 16.8. The topological polar surface area (TPSA) is 36.4 Å². The smallest absolute Gasteiger partial charge is 0.190 e. The number of hydrogen-bond donors (Lipinski definition) is 2. The van der Waals surface area contributed by atoms with Crippen molar-refractivity contribution in [3.8, 4) is 0 Å². The van der Waals surface area contributed by atoms with Crippen LogP contribution in [0.2, 0.25) is 0 Å². The van der Waals surface area contributed by atoms with E-state index in [9.17, 15) is 0 Å². The van der Waals surface area contributed by atoms with E-state index in [1.54, 1.807) is 0 Å². The van der Waals surface area contributed by atoms with Gasteiger partial charge in [0.15, 0.2) is 5.96 Å². The molecule has 5 heteroatoms. The van der Waals surface area contributed by atoms with Crippen LogP contribution in [-0.2, 0) is 5.41 Å². The number of rotatable bonds is 4. The molecule has 0 saturated heterocycles. The zero-order valence-electron chi connectivity index (χ0n) is 11.4. The SMILES string of the molecule is CCNC(=NC)NCC1(c2cccc(Br)c2)CC1.I. The summed E-state index contributed by atoms with van der Waals surface area (Å²) in [5, 5.41) is 6.64. The quantitative estimate of drug-likeness (QED) is 0.430. The number of guanidine groups is 1. The van der Waals surface area contributed by atoms with Gasteiger partial charge in [-0.25, -0.2) is 0 Å². The molecule has 1 saturated carbocycles. The van der Waals surface area contributed by atoms with Crippen LogP contribution in [0.15, 0.2) is 33.7 Å². The second-order valence-electron chi connectivity index (χ2n) is 4.75. The molecule has 2 N–H and O–H groups in total. The molecule has 0 amide bonds. The summed E-state index contributed by atoms with van der Waals surface area (Å²) in [5.74, 6) is 0.888. The van der Waals surface area contributed by atoms with Gasteiger partial charge in [-0.2, -0.15) is 0 Å². The second-order valence-corrected chi connectivity index (χ2v) is 5.66. The Kier molecular flexibility index (Phi) is 6.59. The summed E-state index contributed by atoms with van der Waals surface area (Å²) < 4.78 is 1.15. The molecule has 19 heavy (non-hydrogen) atoms. The molecular formula is C14H21BrIN3. The van der Waals surface area contributed by atoms with Crippen molar-refractivity contribution in [1.82, 2.24) is 10.6 Å². The fraction of sp³-hybridized carbons (Fsp3) is 0.500. The van der Waals surface area contributed by atoms with E-state index in [1.165, 1.54) is 18.4 Å². The Morgan fingerprint density at radius 1 is 1.37 bits per heavy atom. The Hall–Kier alpha value is -0.300. The van der Waals surface area contributed by atoms with Crippen LogP contribution in [0.4, 0.5) is 0 Å². The van der Waals surface area contributed by atoms with E-state index in [0.717, 1.165) is 23.5 Å². The maximum absolute atomic E-state index is 4.21. The molecule has 0 bridgehead atoms. The first-order valence-corrected chi connectivity index (χ1v) is 7.20. The van der Waals surface area contributed by atoms with Gasteiger partial charge in [0.2, 0.25) is 0 Å². The summed E-state index contributed by atoms with van der Waals surface area (Å²) >= 11 is 3.54. The Morgan fingerprint density at radius 3 is 2.63 bits per heavy atom. The Balaban J connectivity index is 0.00000180. The Morgan fingerprint density at radius 2 is 2.11 bits per heavy atom. The van der Waals surface area contributed by atoms with Crippen LogP contribution in [0.3, 0.4) is 0 Å². The third-order valence-corrected chi connectivity index (χ3v) is 3.95. The molecule has 1 aromatic carbocycles. The Labute approximate surface area is 140 Å². The summed E-state index contributed by atoms with van der Waals surface area (Å²) in [4.78, 5) is 4.21. The minimum Gasteiger partial charge on any atom is -0.357 e. The molecule has 0 aliphatic heterocycles. The molecule has 1 fully saturated rings. The largest absolute Gasteiger partial charge is 0.357 e. The van der Waals surface area contributed by atoms with Crippen LogP contribution in [0.5, 0.6) is 0 Å². The van der Waals surface area contributed by atoms with Crippen LogP contribution < -0.4 is 10.6 Å². The van der Waals surface area contributed by atoms with Crippen molar-refractivity contribution in [2.45, 2.75) is 25.2 Å². The van der Waals surface area contributed by atoms with Gasteiger partial charge in [-0.05, 0) is 37.5 Å². The monoisotopic (exact) mass is 437 g/mol. The molecule has 106 valence electrons. The zero-order chi connectivity index (χ0) is 13.0. The molecule has 0 atom stereocenters. The highest BCUT2D eigenvalue weighted by atomic mass is 127. The lowest BCUT2D eigenvalue weighted by Crippen LogP contribution is -2.41. The van der Waals surface area contributed by atoms with E-state index in [2.05, 4.69) is 62.7 Å². The summed E-state index contributed by atoms with van der Waals surface area (Å²) in [7, 11) is 1.81. The first-order valence-electron chi connectivity index (χ1n) is 6.41. The highest BCUT2D eigenvalue weighted by Crippen LogP contribution is 2.48. The molecule has 0 aromatic heterocycles. The van der Waals surface area contributed by atoms with E-state index < -0.39 is 0 Å². The molecule has 3 nitrogen and oxygen atoms in total. The first-order chi connectivity index (χ1) is 8.70. The van der Waals surface area contributed by atoms with Crippen LogP contribution in [-0.4, -0.2) is 26.1 Å². The van der Waals surface area contributed by atoms with Crippen LogP contribution in [0, 0.1) is 0 Å². The van der Waals surface area contributed by atoms with E-state index in [-0.39, 0.29) is 24.0 Å². The van der Waals surface area contributed by atoms with Crippen molar-refractivity contribution in [2.24, 2.45) is 4.99 Å². The van der Waals surface area contributed by atoms with Crippen molar-refractivity contribution < 1.29 is 0 Å². The van der Waals surface area contributed by atoms with Gasteiger partial charge in [-0.1, -0.05) is 28.1 Å². The number of nitrogens with one attached hydrogen (secondary N) is 2. The van der Waals surface area contributed by atoms with Crippen molar-refractivity contribution in [1.29, 1.82) is 0 Å². The molecular weight excluding hydrogens is 417 g/mol. The van der Waals surface area contributed by atoms with Crippen molar-refractivity contribution in [2.75, 3.05) is 20.1 Å². The average molecular weight is 438 g/mol. The van der Waals surface area contributed by atoms with Crippen molar-refractivity contribution in [3.63, 3.8) is 0 Å². The number of halogens is 2. The predicted molar refractivity (Wildman–Crippen MR) is 95.5 cm³/mol. The van der Waals surface area contributed by atoms with Gasteiger partial charge in [0.05, 0.1) is 0 Å². The summed E-state index contributed by atoms with van der Waals surface area (Å²) in [6.45, 7) is 3.92. The van der Waals surface area contributed by atoms with Crippen molar-refractivity contribution >= 4 is 45.9 Å². The Bertz CT molecular complexity index is 444. The van der Waals surface area contributed by atoms with Gasteiger partial charge in [-0.15, -0.1) is 24.0 Å². The minimum absolute atomic E-state index is 0. The minimum atomic E-state index is 0. The lowest BCUT2D eigenvalue weighted by atomic mass is 9.96. The molecule has 1 aliphatic carbocycles. The van der Waals surface area contributed by atoms with Crippen LogP contribution in [0.25, 0.3) is 0 Å². The molecule has 1 aromatic rings. The summed E-state index contributed by atoms with van der Waals surface area (Å²) in [6, 6.07) is 8.63. The molecule has 0 unspecified atom stereocenters. The molecule has 0 spiro atoms. The summed E-state index contributed by atoms with van der Waals surface area (Å²) in [6.07, 6.45) is 2.50. The lowest BCUT2D eigenvalue weighted by Gasteiger charge is -2.19. The van der Waals surface area contributed by atoms with Gasteiger partial charge in [-0.3, -0.25) is 4.99 Å². The normalized spacial score (nSPS) is 16.5. The van der Waals surface area contributed by atoms with E-state index in [0.29, 0.717) is 5.41 Å². The molecule has 2 rings (SSSR count). The standard InChI is InChI=1S/C14H20BrN3.HI/c1-3-17-13(16-2)18-10-14(7-8-14)11-5-4-6-12(15)9-11;/h4-6,9H,3,7-8,10H2,1-2H3,(H2,16,17,18);1H. The predicted octanol–water partition coefficient (Wildman–Crippen LogP) is 3.28. The zero-order valence-corrected chi connectivity index (χ0v) is 15.3. The maximum atomic E-state index is 4.21. The van der Waals surface area contributed by atoms with Crippen molar-refractivity contribution in [3.05, 3.63) is 34.3 Å². The van der Waals surface area contributed by atoms with Crippen LogP contribution >= 0.6 is 39.9 Å². The number of nitrogens with zero attached hydrogens (tertiary/aromatic N) is 1. The van der Waals surface area contributed by atoms with Gasteiger partial charge < -0.3 is 10.6 Å². The van der Waals surface area contributed by atoms with Gasteiger partial charge >= 0.3 is 0 Å². The second kappa shape index (κ2) is 7.47. The summed E-state index contributed by atoms with van der Waals surface area (Å²) in [5.41, 5.74) is 1.71. The third kappa shape index (κ3) is 4.34. The molecule has 0 radical (unpaired) electrons. The number of hydrogen-bond acceptors (Lipinski definition) is 1. The third-order valence-electron chi connectivity index (χ3n) is 3.45. The fourth-order valence-electron chi connectivity index (χ4n) is 2.18. The highest BCUT2D eigenvalue weighted by molar-refractivity contribution is 14.0. The fourth-order valence-corrected chi connectivity index (χ4v) is 2.58. The number of aliphatic imine (C=N–C) groups is 1. The average Bonchev–Trinajstić information content (AvgIpc) is 3.16. The van der Waals surface area contributed by atoms with Gasteiger partial charge in [0.25, 0.3) is 0 Å².